The van der Waals surface area contributed by atoms with Crippen LogP contribution in [0.3, 0.4) is 0 Å². The van der Waals surface area contributed by atoms with Crippen LogP contribution in [0.1, 0.15) is 63.1 Å². The van der Waals surface area contributed by atoms with Crippen molar-refractivity contribution in [2.45, 2.75) is 72.5 Å². The molecule has 0 saturated carbocycles. The summed E-state index contributed by atoms with van der Waals surface area (Å²) in [6, 6.07) is 14.0. The van der Waals surface area contributed by atoms with Crippen LogP contribution in [0.15, 0.2) is 42.5 Å². The molecule has 1 amide bonds. The maximum absolute atomic E-state index is 13.0. The number of rotatable bonds is 11. The maximum Gasteiger partial charge on any atom is 0.256 e. The van der Waals surface area contributed by atoms with Crippen molar-refractivity contribution in [2.24, 2.45) is 0 Å². The molecule has 0 aliphatic rings. The van der Waals surface area contributed by atoms with Crippen LogP contribution in [0, 0.1) is 13.8 Å². The Balaban J connectivity index is 2.09. The average Bonchev–Trinajstić information content (AvgIpc) is 2.68. The number of hydrogen-bond acceptors (Lipinski definition) is 3. The Bertz CT molecular complexity index is 765. The molecule has 0 aromatic heterocycles. The van der Waals surface area contributed by atoms with Gasteiger partial charge in [-0.1, -0.05) is 56.5 Å². The Morgan fingerprint density at radius 1 is 1.03 bits per heavy atom. The van der Waals surface area contributed by atoms with Gasteiger partial charge in [0.2, 0.25) is 0 Å². The number of ether oxygens (including phenoxy) is 2. The van der Waals surface area contributed by atoms with Crippen LogP contribution in [-0.2, 0) is 16.1 Å². The Labute approximate surface area is 175 Å². The zero-order chi connectivity index (χ0) is 21.3. The molecule has 2 aromatic rings. The lowest BCUT2D eigenvalue weighted by molar-refractivity contribution is -0.139. The Morgan fingerprint density at radius 2 is 1.69 bits per heavy atom. The third kappa shape index (κ3) is 6.60. The van der Waals surface area contributed by atoms with Gasteiger partial charge in [0.25, 0.3) is 5.91 Å². The van der Waals surface area contributed by atoms with Gasteiger partial charge < -0.3 is 14.8 Å². The molecule has 2 rings (SSSR count). The molecule has 4 heteroatoms. The van der Waals surface area contributed by atoms with Crippen molar-refractivity contribution in [3.8, 4) is 5.75 Å². The lowest BCUT2D eigenvalue weighted by Crippen LogP contribution is -2.42. The summed E-state index contributed by atoms with van der Waals surface area (Å²) < 4.78 is 11.9. The predicted octanol–water partition coefficient (Wildman–Crippen LogP) is 6.20. The van der Waals surface area contributed by atoms with E-state index in [0.717, 1.165) is 53.8 Å². The fraction of sp³-hybridized carbons (Fsp3) is 0.480. The van der Waals surface area contributed by atoms with E-state index in [0.29, 0.717) is 13.2 Å². The van der Waals surface area contributed by atoms with Crippen LogP contribution in [0.25, 0.3) is 0 Å². The third-order valence-corrected chi connectivity index (χ3v) is 5.14. The van der Waals surface area contributed by atoms with Crippen molar-refractivity contribution in [1.29, 1.82) is 0 Å². The second kappa shape index (κ2) is 11.0. The Kier molecular flexibility index (Phi) is 8.71. The zero-order valence-electron chi connectivity index (χ0n) is 18.5. The number of unbranched alkanes of at least 4 members (excludes halogenated alkanes) is 2. The maximum atomic E-state index is 13.0. The van der Waals surface area contributed by atoms with Gasteiger partial charge in [-0.2, -0.15) is 0 Å². The number of benzene rings is 2. The minimum Gasteiger partial charge on any atom is -0.488 e. The van der Waals surface area contributed by atoms with Crippen LogP contribution in [-0.4, -0.2) is 18.1 Å². The molecule has 0 spiro atoms. The summed E-state index contributed by atoms with van der Waals surface area (Å²) in [5.41, 5.74) is 3.09. The van der Waals surface area contributed by atoms with E-state index in [9.17, 15) is 4.79 Å². The molecule has 0 bridgehead atoms. The van der Waals surface area contributed by atoms with Gasteiger partial charge in [0.1, 0.15) is 18.0 Å². The number of aryl methyl sites for hydroxylation is 2. The first kappa shape index (κ1) is 23.0. The van der Waals surface area contributed by atoms with Gasteiger partial charge in [-0.05, 0) is 62.9 Å². The number of nitrogens with one attached hydrogen (secondary N) is 1. The number of anilines is 1. The van der Waals surface area contributed by atoms with E-state index >= 15 is 0 Å². The molecule has 1 N–H and O–H groups in total. The van der Waals surface area contributed by atoms with Gasteiger partial charge in [0.05, 0.1) is 0 Å². The second-order valence-corrected chi connectivity index (χ2v) is 7.79. The molecule has 2 aromatic carbocycles. The number of carbonyl (C=O) groups excluding carboxylic acids is 1. The summed E-state index contributed by atoms with van der Waals surface area (Å²) in [5.74, 6) is 0.773. The number of hydrogen-bond donors (Lipinski definition) is 1. The van der Waals surface area contributed by atoms with Crippen LogP contribution >= 0.6 is 0 Å². The van der Waals surface area contributed by atoms with Gasteiger partial charge in [-0.3, -0.25) is 4.79 Å². The molecule has 0 saturated heterocycles. The van der Waals surface area contributed by atoms with E-state index in [1.165, 1.54) is 0 Å². The molecule has 1 unspecified atom stereocenters. The van der Waals surface area contributed by atoms with Gasteiger partial charge in [0.15, 0.2) is 0 Å². The number of amides is 1. The van der Waals surface area contributed by atoms with Crippen LogP contribution < -0.4 is 10.1 Å². The fourth-order valence-corrected chi connectivity index (χ4v) is 3.53. The van der Waals surface area contributed by atoms with Gasteiger partial charge >= 0.3 is 0 Å². The average molecular weight is 398 g/mol. The van der Waals surface area contributed by atoms with Crippen LogP contribution in [0.5, 0.6) is 5.75 Å². The summed E-state index contributed by atoms with van der Waals surface area (Å²) in [7, 11) is 0. The standard InChI is InChI=1S/C25H35NO3/c1-6-8-12-15-25(5,29-7-2)24(27)26-22-16-19(3)23(20(4)17-22)28-18-21-13-10-9-11-14-21/h9-11,13-14,16-17H,6-8,12,15,18H2,1-5H3,(H,26,27). The molecule has 0 heterocycles. The van der Waals surface area contributed by atoms with Crippen molar-refractivity contribution < 1.29 is 14.3 Å². The minimum atomic E-state index is -0.811. The van der Waals surface area contributed by atoms with Crippen molar-refractivity contribution in [3.63, 3.8) is 0 Å². The topological polar surface area (TPSA) is 47.6 Å². The summed E-state index contributed by atoms with van der Waals surface area (Å²) in [4.78, 5) is 13.0. The summed E-state index contributed by atoms with van der Waals surface area (Å²) >= 11 is 0. The van der Waals surface area contributed by atoms with Crippen LogP contribution in [0.4, 0.5) is 5.69 Å². The minimum absolute atomic E-state index is 0.0905. The van der Waals surface area contributed by atoms with Crippen molar-refractivity contribution in [3.05, 3.63) is 59.2 Å². The zero-order valence-corrected chi connectivity index (χ0v) is 18.5. The molecule has 1 atom stereocenters. The predicted molar refractivity (Wildman–Crippen MR) is 119 cm³/mol. The smallest absolute Gasteiger partial charge is 0.256 e. The van der Waals surface area contributed by atoms with E-state index in [2.05, 4.69) is 12.2 Å². The fourth-order valence-electron chi connectivity index (χ4n) is 3.53. The summed E-state index contributed by atoms with van der Waals surface area (Å²) in [6.45, 7) is 11.0. The van der Waals surface area contributed by atoms with Crippen molar-refractivity contribution >= 4 is 11.6 Å². The van der Waals surface area contributed by atoms with Gasteiger partial charge in [-0.25, -0.2) is 0 Å². The van der Waals surface area contributed by atoms with Crippen molar-refractivity contribution in [2.75, 3.05) is 11.9 Å². The normalized spacial score (nSPS) is 13.0. The molecule has 4 nitrogen and oxygen atoms in total. The Morgan fingerprint density at radius 3 is 2.28 bits per heavy atom. The molecule has 0 radical (unpaired) electrons. The Hall–Kier alpha value is -2.33. The SMILES string of the molecule is CCCCCC(C)(OCC)C(=O)Nc1cc(C)c(OCc2ccccc2)c(C)c1. The molecular weight excluding hydrogens is 362 g/mol. The lowest BCUT2D eigenvalue weighted by atomic mass is 9.96. The highest BCUT2D eigenvalue weighted by Crippen LogP contribution is 2.29. The van der Waals surface area contributed by atoms with E-state index < -0.39 is 5.60 Å². The van der Waals surface area contributed by atoms with E-state index in [1.54, 1.807) is 0 Å². The molecule has 158 valence electrons. The van der Waals surface area contributed by atoms with Gasteiger partial charge in [0, 0.05) is 12.3 Å². The summed E-state index contributed by atoms with van der Waals surface area (Å²) in [6.07, 6.45) is 3.91. The van der Waals surface area contributed by atoms with Crippen LogP contribution in [0.2, 0.25) is 0 Å². The highest BCUT2D eigenvalue weighted by molar-refractivity contribution is 5.97. The molecule has 0 aliphatic heterocycles. The number of carbonyl (C=O) groups is 1. The van der Waals surface area contributed by atoms with E-state index in [-0.39, 0.29) is 5.91 Å². The van der Waals surface area contributed by atoms with Gasteiger partial charge in [-0.15, -0.1) is 0 Å². The first-order chi connectivity index (χ1) is 13.9. The third-order valence-electron chi connectivity index (χ3n) is 5.14. The second-order valence-electron chi connectivity index (χ2n) is 7.79. The molecular formula is C25H35NO3. The monoisotopic (exact) mass is 397 g/mol. The largest absolute Gasteiger partial charge is 0.488 e. The van der Waals surface area contributed by atoms with E-state index in [4.69, 9.17) is 9.47 Å². The molecule has 0 aliphatic carbocycles. The first-order valence-corrected chi connectivity index (χ1v) is 10.6. The lowest BCUT2D eigenvalue weighted by Gasteiger charge is -2.28. The summed E-state index contributed by atoms with van der Waals surface area (Å²) in [5, 5.41) is 3.06. The quantitative estimate of drug-likeness (QED) is 0.459. The highest BCUT2D eigenvalue weighted by Gasteiger charge is 2.33. The van der Waals surface area contributed by atoms with E-state index in [1.807, 2.05) is 70.2 Å². The molecule has 29 heavy (non-hydrogen) atoms. The van der Waals surface area contributed by atoms with Crippen molar-refractivity contribution in [1.82, 2.24) is 0 Å². The highest BCUT2D eigenvalue weighted by atomic mass is 16.5. The molecule has 0 fully saturated rings. The first-order valence-electron chi connectivity index (χ1n) is 10.6.